The maximum absolute atomic E-state index is 13.9. The number of benzene rings is 2. The molecule has 1 N–H and O–H groups in total. The van der Waals surface area contributed by atoms with Gasteiger partial charge in [-0.25, -0.2) is 4.79 Å². The van der Waals surface area contributed by atoms with E-state index in [9.17, 15) is 14.7 Å². The molecule has 2 aromatic carbocycles. The van der Waals surface area contributed by atoms with E-state index in [4.69, 9.17) is 32.7 Å². The third kappa shape index (κ3) is 5.83. The summed E-state index contributed by atoms with van der Waals surface area (Å²) in [6, 6.07) is 14.6. The molecule has 35 heavy (non-hydrogen) atoms. The van der Waals surface area contributed by atoms with E-state index >= 15 is 0 Å². The van der Waals surface area contributed by atoms with Gasteiger partial charge in [-0.15, -0.1) is 11.6 Å². The summed E-state index contributed by atoms with van der Waals surface area (Å²) in [5.41, 5.74) is 2.38. The van der Waals surface area contributed by atoms with Gasteiger partial charge in [0.05, 0.1) is 30.0 Å². The topological polar surface area (TPSA) is 76.1 Å². The molecule has 0 aliphatic carbocycles. The van der Waals surface area contributed by atoms with Crippen molar-refractivity contribution in [3.63, 3.8) is 0 Å². The second-order valence-corrected chi connectivity index (χ2v) is 9.72. The van der Waals surface area contributed by atoms with Crippen LogP contribution in [0.4, 0.5) is 0 Å². The normalized spacial score (nSPS) is 22.5. The predicted molar refractivity (Wildman–Crippen MR) is 135 cm³/mol. The van der Waals surface area contributed by atoms with Crippen LogP contribution >= 0.6 is 23.2 Å². The quantitative estimate of drug-likeness (QED) is 0.458. The molecule has 0 saturated carbocycles. The number of rotatable bonds is 9. The maximum Gasteiger partial charge on any atom is 0.333 e. The van der Waals surface area contributed by atoms with Gasteiger partial charge in [0.15, 0.2) is 0 Å². The number of carboxylic acids is 1. The second kappa shape index (κ2) is 11.5. The van der Waals surface area contributed by atoms with E-state index in [2.05, 4.69) is 0 Å². The van der Waals surface area contributed by atoms with Crippen LogP contribution in [-0.4, -0.2) is 53.6 Å². The van der Waals surface area contributed by atoms with Gasteiger partial charge in [-0.2, -0.15) is 0 Å². The maximum atomic E-state index is 13.9. The van der Waals surface area contributed by atoms with Gasteiger partial charge in [-0.05, 0) is 61.6 Å². The fourth-order valence-corrected chi connectivity index (χ4v) is 5.20. The molecule has 0 radical (unpaired) electrons. The van der Waals surface area contributed by atoms with Crippen LogP contribution in [-0.2, 0) is 20.7 Å². The largest absolute Gasteiger partial charge is 0.492 e. The highest BCUT2D eigenvalue weighted by Crippen LogP contribution is 2.42. The lowest BCUT2D eigenvalue weighted by atomic mass is 9.73. The molecule has 186 valence electrons. The predicted octanol–water partition coefficient (Wildman–Crippen LogP) is 5.28. The number of aliphatic carboxylic acids is 1. The van der Waals surface area contributed by atoms with E-state index in [1.807, 2.05) is 36.4 Å². The summed E-state index contributed by atoms with van der Waals surface area (Å²) < 4.78 is 11.3. The molecule has 1 amide bonds. The van der Waals surface area contributed by atoms with Gasteiger partial charge in [0.2, 0.25) is 5.91 Å². The van der Waals surface area contributed by atoms with Crippen molar-refractivity contribution in [2.45, 2.75) is 38.2 Å². The van der Waals surface area contributed by atoms with E-state index in [0.717, 1.165) is 24.0 Å². The van der Waals surface area contributed by atoms with Crippen LogP contribution in [0.1, 0.15) is 36.8 Å². The molecule has 2 heterocycles. The number of carboxylic acid groups (broad SMARTS) is 1. The molecule has 2 aliphatic rings. The van der Waals surface area contributed by atoms with E-state index in [-0.39, 0.29) is 17.6 Å². The molecular weight excluding hydrogens is 489 g/mol. The Morgan fingerprint density at radius 3 is 2.49 bits per heavy atom. The fourth-order valence-electron chi connectivity index (χ4n) is 4.99. The first kappa shape index (κ1) is 25.5. The van der Waals surface area contributed by atoms with Crippen molar-refractivity contribution in [2.75, 3.05) is 25.6 Å². The van der Waals surface area contributed by atoms with E-state index in [1.54, 1.807) is 24.0 Å². The number of halogens is 2. The van der Waals surface area contributed by atoms with Gasteiger partial charge in [-0.1, -0.05) is 35.9 Å². The zero-order valence-corrected chi connectivity index (χ0v) is 21.1. The molecular formula is C27H29Cl2NO5. The number of carbonyl (C=O) groups is 2. The zero-order chi connectivity index (χ0) is 24.9. The van der Waals surface area contributed by atoms with Crippen molar-refractivity contribution in [3.8, 4) is 5.75 Å². The monoisotopic (exact) mass is 517 g/mol. The van der Waals surface area contributed by atoms with E-state index in [1.165, 1.54) is 0 Å². The van der Waals surface area contributed by atoms with Crippen molar-refractivity contribution in [3.05, 3.63) is 76.0 Å². The molecule has 0 aromatic heterocycles. The van der Waals surface area contributed by atoms with Crippen LogP contribution in [0, 0.1) is 5.92 Å². The number of carbonyl (C=O) groups excluding carboxylic acids is 1. The average Bonchev–Trinajstić information content (AvgIpc) is 3.36. The Kier molecular flexibility index (Phi) is 8.37. The van der Waals surface area contributed by atoms with Crippen LogP contribution in [0.3, 0.4) is 0 Å². The Hall–Kier alpha value is -2.54. The molecule has 0 spiro atoms. The van der Waals surface area contributed by atoms with Gasteiger partial charge < -0.3 is 19.5 Å². The Balaban J connectivity index is 1.72. The Morgan fingerprint density at radius 1 is 1.17 bits per heavy atom. The van der Waals surface area contributed by atoms with Crippen molar-refractivity contribution >= 4 is 35.1 Å². The van der Waals surface area contributed by atoms with Gasteiger partial charge in [0.1, 0.15) is 12.4 Å². The molecule has 6 nitrogen and oxygen atoms in total. The third-order valence-corrected chi connectivity index (χ3v) is 7.09. The molecule has 1 unspecified atom stereocenters. The zero-order valence-electron chi connectivity index (χ0n) is 19.6. The van der Waals surface area contributed by atoms with Gasteiger partial charge in [-0.3, -0.25) is 4.79 Å². The standard InChI is InChI=1S/C27H29Cl2NO5/c1-17-24(27(32)33)25(19-6-8-20(29)9-7-19)23(26(31)30(17)16-22-3-2-13-34-22)15-18-4-10-21(11-5-18)35-14-12-28/h4-11,22-23,25H,2-3,12-16H2,1H3,(H,32,33)/t22-,23?,25-/m1/s1. The number of hydrogen-bond acceptors (Lipinski definition) is 4. The summed E-state index contributed by atoms with van der Waals surface area (Å²) in [6.07, 6.45) is 2.09. The molecule has 8 heteroatoms. The van der Waals surface area contributed by atoms with Crippen LogP contribution in [0.25, 0.3) is 0 Å². The molecule has 2 aromatic rings. The van der Waals surface area contributed by atoms with Crippen LogP contribution in [0.15, 0.2) is 59.8 Å². The average molecular weight is 518 g/mol. The minimum Gasteiger partial charge on any atom is -0.492 e. The van der Waals surface area contributed by atoms with Crippen molar-refractivity contribution < 1.29 is 24.2 Å². The Bertz CT molecular complexity index is 1080. The summed E-state index contributed by atoms with van der Waals surface area (Å²) in [4.78, 5) is 28.1. The molecule has 0 bridgehead atoms. The highest BCUT2D eigenvalue weighted by molar-refractivity contribution is 6.30. The highest BCUT2D eigenvalue weighted by Gasteiger charge is 2.44. The number of allylic oxidation sites excluding steroid dienone is 1. The minimum absolute atomic E-state index is 0.0879. The summed E-state index contributed by atoms with van der Waals surface area (Å²) in [5, 5.41) is 10.8. The number of nitrogens with zero attached hydrogens (tertiary/aromatic N) is 1. The molecule has 1 fully saturated rings. The second-order valence-electron chi connectivity index (χ2n) is 8.91. The summed E-state index contributed by atoms with van der Waals surface area (Å²) in [5.74, 6) is -1.23. The first-order chi connectivity index (χ1) is 16.9. The number of amides is 1. The lowest BCUT2D eigenvalue weighted by Gasteiger charge is -2.40. The van der Waals surface area contributed by atoms with Crippen LogP contribution in [0.2, 0.25) is 5.02 Å². The SMILES string of the molecule is CC1=C(C(=O)O)[C@H](c2ccc(Cl)cc2)C(Cc2ccc(OCCCl)cc2)C(=O)N1C[C@H]1CCCO1. The highest BCUT2D eigenvalue weighted by atomic mass is 35.5. The van der Waals surface area contributed by atoms with E-state index in [0.29, 0.717) is 48.5 Å². The molecule has 1 saturated heterocycles. The summed E-state index contributed by atoms with van der Waals surface area (Å²) in [6.45, 7) is 3.15. The summed E-state index contributed by atoms with van der Waals surface area (Å²) in [7, 11) is 0. The molecule has 4 rings (SSSR count). The minimum atomic E-state index is -1.03. The lowest BCUT2D eigenvalue weighted by molar-refractivity contribution is -0.139. The first-order valence-electron chi connectivity index (χ1n) is 11.8. The van der Waals surface area contributed by atoms with Crippen molar-refractivity contribution in [1.29, 1.82) is 0 Å². The van der Waals surface area contributed by atoms with Crippen molar-refractivity contribution in [2.24, 2.45) is 5.92 Å². The number of alkyl halides is 1. The Morgan fingerprint density at radius 2 is 1.89 bits per heavy atom. The summed E-state index contributed by atoms with van der Waals surface area (Å²) >= 11 is 11.8. The number of ether oxygens (including phenoxy) is 2. The molecule has 2 aliphatic heterocycles. The van der Waals surface area contributed by atoms with Crippen LogP contribution < -0.4 is 4.74 Å². The number of hydrogen-bond donors (Lipinski definition) is 1. The third-order valence-electron chi connectivity index (χ3n) is 6.69. The fraction of sp³-hybridized carbons (Fsp3) is 0.407. The van der Waals surface area contributed by atoms with Gasteiger partial charge in [0.25, 0.3) is 0 Å². The molecule has 3 atom stereocenters. The van der Waals surface area contributed by atoms with Gasteiger partial charge >= 0.3 is 5.97 Å². The van der Waals surface area contributed by atoms with E-state index < -0.39 is 17.8 Å². The Labute approximate surface area is 215 Å². The van der Waals surface area contributed by atoms with Gasteiger partial charge in [0, 0.05) is 23.2 Å². The smallest absolute Gasteiger partial charge is 0.333 e. The van der Waals surface area contributed by atoms with Crippen molar-refractivity contribution in [1.82, 2.24) is 4.90 Å². The first-order valence-corrected chi connectivity index (χ1v) is 12.7. The van der Waals surface area contributed by atoms with Crippen LogP contribution in [0.5, 0.6) is 5.75 Å². The lowest BCUT2D eigenvalue weighted by Crippen LogP contribution is -2.47.